The molecule has 0 radical (unpaired) electrons. The Morgan fingerprint density at radius 1 is 1.43 bits per heavy atom. The lowest BCUT2D eigenvalue weighted by atomic mass is 10.1. The zero-order valence-electron chi connectivity index (χ0n) is 9.29. The Bertz CT molecular complexity index is 172. The van der Waals surface area contributed by atoms with Crippen molar-refractivity contribution < 1.29 is 9.90 Å². The van der Waals surface area contributed by atoms with Crippen LogP contribution in [0.25, 0.3) is 0 Å². The van der Waals surface area contributed by atoms with E-state index in [1.165, 1.54) is 0 Å². The Labute approximate surface area is 85.9 Å². The van der Waals surface area contributed by atoms with Gasteiger partial charge in [0.2, 0.25) is 5.91 Å². The van der Waals surface area contributed by atoms with Crippen molar-refractivity contribution in [2.45, 2.75) is 33.3 Å². The second-order valence-corrected chi connectivity index (χ2v) is 4.16. The van der Waals surface area contributed by atoms with Crippen LogP contribution in [0, 0.1) is 11.8 Å². The first-order valence-corrected chi connectivity index (χ1v) is 5.12. The van der Waals surface area contributed by atoms with Gasteiger partial charge in [-0.3, -0.25) is 4.79 Å². The standard InChI is InChI=1S/C10H22N2O2/c1-7(2)9(13)6-12-10(14)4-8(3)5-11/h7-9,13H,4-6,11H2,1-3H3,(H,12,14). The first-order chi connectivity index (χ1) is 6.47. The number of nitrogens with one attached hydrogen (secondary N) is 1. The minimum absolute atomic E-state index is 0.0392. The molecule has 84 valence electrons. The molecule has 0 saturated carbocycles. The second kappa shape index (κ2) is 6.79. The number of amides is 1. The molecule has 0 fully saturated rings. The van der Waals surface area contributed by atoms with Gasteiger partial charge in [-0.05, 0) is 18.4 Å². The third-order valence-electron chi connectivity index (χ3n) is 2.21. The summed E-state index contributed by atoms with van der Waals surface area (Å²) in [4.78, 5) is 11.3. The highest BCUT2D eigenvalue weighted by Gasteiger charge is 2.12. The molecule has 4 N–H and O–H groups in total. The van der Waals surface area contributed by atoms with E-state index >= 15 is 0 Å². The number of rotatable bonds is 6. The van der Waals surface area contributed by atoms with Crippen LogP contribution in [0.1, 0.15) is 27.2 Å². The molecule has 0 spiro atoms. The number of aliphatic hydroxyl groups excluding tert-OH is 1. The highest BCUT2D eigenvalue weighted by atomic mass is 16.3. The van der Waals surface area contributed by atoms with Crippen LogP contribution in [0.15, 0.2) is 0 Å². The molecular formula is C10H22N2O2. The van der Waals surface area contributed by atoms with Crippen molar-refractivity contribution in [2.75, 3.05) is 13.1 Å². The van der Waals surface area contributed by atoms with Crippen LogP contribution in [-0.4, -0.2) is 30.2 Å². The predicted molar refractivity (Wildman–Crippen MR) is 56.7 cm³/mol. The number of nitrogens with two attached hydrogens (primary N) is 1. The number of hydrogen-bond acceptors (Lipinski definition) is 3. The number of hydrogen-bond donors (Lipinski definition) is 3. The van der Waals surface area contributed by atoms with Gasteiger partial charge in [-0.15, -0.1) is 0 Å². The highest BCUT2D eigenvalue weighted by molar-refractivity contribution is 5.76. The summed E-state index contributed by atoms with van der Waals surface area (Å²) in [6.07, 6.45) is -0.0338. The molecule has 0 saturated heterocycles. The summed E-state index contributed by atoms with van der Waals surface area (Å²) in [6, 6.07) is 0. The minimum atomic E-state index is -0.466. The molecule has 0 aliphatic rings. The van der Waals surface area contributed by atoms with E-state index in [0.717, 1.165) is 0 Å². The number of aliphatic hydroxyl groups is 1. The summed E-state index contributed by atoms with van der Waals surface area (Å²) in [5, 5.41) is 12.1. The Balaban J connectivity index is 3.64. The van der Waals surface area contributed by atoms with Crippen molar-refractivity contribution >= 4 is 5.91 Å². The number of carbonyl (C=O) groups is 1. The largest absolute Gasteiger partial charge is 0.391 e. The maximum Gasteiger partial charge on any atom is 0.220 e. The van der Waals surface area contributed by atoms with Gasteiger partial charge >= 0.3 is 0 Å². The molecule has 0 aromatic carbocycles. The van der Waals surface area contributed by atoms with Crippen molar-refractivity contribution in [1.29, 1.82) is 0 Å². The van der Waals surface area contributed by atoms with E-state index in [0.29, 0.717) is 19.5 Å². The van der Waals surface area contributed by atoms with Crippen LogP contribution in [0.2, 0.25) is 0 Å². The fourth-order valence-electron chi connectivity index (χ4n) is 0.926. The van der Waals surface area contributed by atoms with Crippen LogP contribution in [0.3, 0.4) is 0 Å². The molecule has 1 amide bonds. The average Bonchev–Trinajstić information content (AvgIpc) is 2.13. The Morgan fingerprint density at radius 2 is 2.00 bits per heavy atom. The van der Waals surface area contributed by atoms with E-state index in [-0.39, 0.29) is 17.7 Å². The van der Waals surface area contributed by atoms with E-state index in [2.05, 4.69) is 5.32 Å². The second-order valence-electron chi connectivity index (χ2n) is 4.16. The predicted octanol–water partition coefficient (Wildman–Crippen LogP) is 0.104. The summed E-state index contributed by atoms with van der Waals surface area (Å²) >= 11 is 0. The number of carbonyl (C=O) groups excluding carboxylic acids is 1. The lowest BCUT2D eigenvalue weighted by Crippen LogP contribution is -2.35. The van der Waals surface area contributed by atoms with E-state index < -0.39 is 6.10 Å². The summed E-state index contributed by atoms with van der Waals surface area (Å²) in [5.41, 5.74) is 5.40. The van der Waals surface area contributed by atoms with Crippen LogP contribution in [-0.2, 0) is 4.79 Å². The van der Waals surface area contributed by atoms with Gasteiger partial charge in [0.15, 0.2) is 0 Å². The van der Waals surface area contributed by atoms with Gasteiger partial charge < -0.3 is 16.2 Å². The minimum Gasteiger partial charge on any atom is -0.391 e. The third-order valence-corrected chi connectivity index (χ3v) is 2.21. The lowest BCUT2D eigenvalue weighted by Gasteiger charge is -2.15. The lowest BCUT2D eigenvalue weighted by molar-refractivity contribution is -0.122. The molecule has 0 heterocycles. The molecule has 0 aliphatic carbocycles. The van der Waals surface area contributed by atoms with Gasteiger partial charge in [-0.2, -0.15) is 0 Å². The Morgan fingerprint density at radius 3 is 2.43 bits per heavy atom. The molecule has 0 aliphatic heterocycles. The summed E-state index contributed by atoms with van der Waals surface area (Å²) in [6.45, 7) is 6.60. The third kappa shape index (κ3) is 5.94. The SMILES string of the molecule is CC(CN)CC(=O)NCC(O)C(C)C. The van der Waals surface area contributed by atoms with Crippen LogP contribution < -0.4 is 11.1 Å². The van der Waals surface area contributed by atoms with Crippen LogP contribution in [0.5, 0.6) is 0 Å². The first kappa shape index (κ1) is 13.4. The average molecular weight is 202 g/mol. The molecule has 4 nitrogen and oxygen atoms in total. The fraction of sp³-hybridized carbons (Fsp3) is 0.900. The Hall–Kier alpha value is -0.610. The van der Waals surface area contributed by atoms with Crippen molar-refractivity contribution in [3.05, 3.63) is 0 Å². The Kier molecular flexibility index (Phi) is 6.49. The van der Waals surface area contributed by atoms with Crippen molar-refractivity contribution in [3.63, 3.8) is 0 Å². The quantitative estimate of drug-likeness (QED) is 0.572. The fourth-order valence-corrected chi connectivity index (χ4v) is 0.926. The van der Waals surface area contributed by atoms with Gasteiger partial charge in [0.05, 0.1) is 6.10 Å². The van der Waals surface area contributed by atoms with Gasteiger partial charge in [-0.25, -0.2) is 0 Å². The van der Waals surface area contributed by atoms with Gasteiger partial charge in [0.1, 0.15) is 0 Å². The molecular weight excluding hydrogens is 180 g/mol. The van der Waals surface area contributed by atoms with Gasteiger partial charge in [-0.1, -0.05) is 20.8 Å². The zero-order valence-corrected chi connectivity index (χ0v) is 9.29. The van der Waals surface area contributed by atoms with Crippen molar-refractivity contribution in [3.8, 4) is 0 Å². The molecule has 0 aromatic heterocycles. The molecule has 4 heteroatoms. The zero-order chi connectivity index (χ0) is 11.1. The highest BCUT2D eigenvalue weighted by Crippen LogP contribution is 2.01. The maximum absolute atomic E-state index is 11.3. The smallest absolute Gasteiger partial charge is 0.220 e. The molecule has 14 heavy (non-hydrogen) atoms. The summed E-state index contributed by atoms with van der Waals surface area (Å²) in [7, 11) is 0. The van der Waals surface area contributed by atoms with E-state index in [9.17, 15) is 9.90 Å². The van der Waals surface area contributed by atoms with E-state index in [1.807, 2.05) is 20.8 Å². The molecule has 0 bridgehead atoms. The van der Waals surface area contributed by atoms with Gasteiger partial charge in [0, 0.05) is 13.0 Å². The maximum atomic E-state index is 11.3. The molecule has 2 atom stereocenters. The van der Waals surface area contributed by atoms with Crippen LogP contribution in [0.4, 0.5) is 0 Å². The topological polar surface area (TPSA) is 75.4 Å². The molecule has 0 rings (SSSR count). The monoisotopic (exact) mass is 202 g/mol. The van der Waals surface area contributed by atoms with Crippen molar-refractivity contribution in [2.24, 2.45) is 17.6 Å². The first-order valence-electron chi connectivity index (χ1n) is 5.12. The molecule has 2 unspecified atom stereocenters. The van der Waals surface area contributed by atoms with Crippen LogP contribution >= 0.6 is 0 Å². The van der Waals surface area contributed by atoms with Crippen molar-refractivity contribution in [1.82, 2.24) is 5.32 Å². The van der Waals surface area contributed by atoms with E-state index in [1.54, 1.807) is 0 Å². The van der Waals surface area contributed by atoms with E-state index in [4.69, 9.17) is 5.73 Å². The normalized spacial score (nSPS) is 15.3. The van der Waals surface area contributed by atoms with Gasteiger partial charge in [0.25, 0.3) is 0 Å². The summed E-state index contributed by atoms with van der Waals surface area (Å²) < 4.78 is 0. The molecule has 0 aromatic rings. The summed E-state index contributed by atoms with van der Waals surface area (Å²) in [5.74, 6) is 0.330.